The average Bonchev–Trinajstić information content (AvgIpc) is 2.60. The van der Waals surface area contributed by atoms with Gasteiger partial charge in [-0.25, -0.2) is 9.59 Å². The Hall–Kier alpha value is -1.26. The van der Waals surface area contributed by atoms with Crippen molar-refractivity contribution in [1.29, 1.82) is 0 Å². The normalized spacial score (nSPS) is 21.7. The van der Waals surface area contributed by atoms with Crippen LogP contribution in [0.3, 0.4) is 0 Å². The standard InChI is InChI=1S/C15H28N2O3/c1-10(2)12-6-5-8-17(9-7-12)15(20)16-13(11(3)4)14(18)19/h10-13H,5-9H2,1-4H3,(H,16,20)(H,18,19). The van der Waals surface area contributed by atoms with E-state index in [1.54, 1.807) is 18.7 Å². The molecule has 0 aromatic carbocycles. The number of urea groups is 1. The van der Waals surface area contributed by atoms with Gasteiger partial charge in [-0.05, 0) is 37.0 Å². The van der Waals surface area contributed by atoms with Crippen molar-refractivity contribution in [2.75, 3.05) is 13.1 Å². The fourth-order valence-corrected chi connectivity index (χ4v) is 2.73. The van der Waals surface area contributed by atoms with Crippen LogP contribution < -0.4 is 5.32 Å². The Labute approximate surface area is 121 Å². The molecular formula is C15H28N2O3. The van der Waals surface area contributed by atoms with E-state index in [9.17, 15) is 9.59 Å². The number of carboxylic acid groups (broad SMARTS) is 1. The third kappa shape index (κ3) is 4.69. The van der Waals surface area contributed by atoms with Crippen molar-refractivity contribution in [1.82, 2.24) is 10.2 Å². The van der Waals surface area contributed by atoms with Crippen molar-refractivity contribution in [3.05, 3.63) is 0 Å². The number of hydrogen-bond donors (Lipinski definition) is 2. The summed E-state index contributed by atoms with van der Waals surface area (Å²) in [5.74, 6) is 0.212. The maximum atomic E-state index is 12.2. The molecule has 20 heavy (non-hydrogen) atoms. The van der Waals surface area contributed by atoms with Crippen LogP contribution in [-0.4, -0.2) is 41.1 Å². The van der Waals surface area contributed by atoms with Crippen LogP contribution in [0.4, 0.5) is 4.79 Å². The molecule has 2 amide bonds. The number of amides is 2. The van der Waals surface area contributed by atoms with E-state index in [0.717, 1.165) is 32.4 Å². The van der Waals surface area contributed by atoms with Crippen molar-refractivity contribution < 1.29 is 14.7 Å². The minimum atomic E-state index is -0.969. The molecule has 1 rings (SSSR count). The molecule has 1 aliphatic rings. The summed E-state index contributed by atoms with van der Waals surface area (Å²) < 4.78 is 0. The lowest BCUT2D eigenvalue weighted by Gasteiger charge is -2.25. The van der Waals surface area contributed by atoms with Gasteiger partial charge in [0.15, 0.2) is 0 Å². The molecule has 0 spiro atoms. The molecule has 2 N–H and O–H groups in total. The SMILES string of the molecule is CC(C)C1CCCN(C(=O)NC(C(=O)O)C(C)C)CC1. The van der Waals surface area contributed by atoms with E-state index < -0.39 is 12.0 Å². The Balaban J connectivity index is 2.57. The van der Waals surface area contributed by atoms with Gasteiger partial charge in [-0.3, -0.25) is 0 Å². The number of carbonyl (C=O) groups excluding carboxylic acids is 1. The Morgan fingerprint density at radius 1 is 1.15 bits per heavy atom. The molecule has 1 aliphatic heterocycles. The Kier molecular flexibility index (Phi) is 6.30. The number of aliphatic carboxylic acids is 1. The van der Waals surface area contributed by atoms with Crippen LogP contribution in [0.1, 0.15) is 47.0 Å². The zero-order valence-corrected chi connectivity index (χ0v) is 13.1. The fraction of sp³-hybridized carbons (Fsp3) is 0.867. The predicted molar refractivity (Wildman–Crippen MR) is 78.5 cm³/mol. The number of rotatable bonds is 4. The summed E-state index contributed by atoms with van der Waals surface area (Å²) in [4.78, 5) is 25.1. The Morgan fingerprint density at radius 3 is 2.30 bits per heavy atom. The molecule has 5 heteroatoms. The third-order valence-electron chi connectivity index (χ3n) is 4.21. The first-order chi connectivity index (χ1) is 9.32. The van der Waals surface area contributed by atoms with Crippen LogP contribution in [0.5, 0.6) is 0 Å². The monoisotopic (exact) mass is 284 g/mol. The smallest absolute Gasteiger partial charge is 0.326 e. The minimum absolute atomic E-state index is 0.119. The van der Waals surface area contributed by atoms with Gasteiger partial charge in [-0.15, -0.1) is 0 Å². The quantitative estimate of drug-likeness (QED) is 0.833. The predicted octanol–water partition coefficient (Wildman–Crippen LogP) is 2.56. The van der Waals surface area contributed by atoms with Gasteiger partial charge in [0.25, 0.3) is 0 Å². The molecule has 0 aromatic heterocycles. The molecule has 2 atom stereocenters. The highest BCUT2D eigenvalue weighted by Crippen LogP contribution is 2.24. The first kappa shape index (κ1) is 16.8. The van der Waals surface area contributed by atoms with Crippen molar-refractivity contribution in [3.8, 4) is 0 Å². The molecule has 1 fully saturated rings. The maximum absolute atomic E-state index is 12.2. The average molecular weight is 284 g/mol. The van der Waals surface area contributed by atoms with E-state index in [2.05, 4.69) is 19.2 Å². The Morgan fingerprint density at radius 2 is 1.80 bits per heavy atom. The van der Waals surface area contributed by atoms with Gasteiger partial charge in [-0.1, -0.05) is 27.7 Å². The van der Waals surface area contributed by atoms with Crippen LogP contribution in [0.25, 0.3) is 0 Å². The molecule has 0 saturated carbocycles. The molecule has 1 saturated heterocycles. The number of nitrogens with zero attached hydrogens (tertiary/aromatic N) is 1. The van der Waals surface area contributed by atoms with Crippen LogP contribution in [0.15, 0.2) is 0 Å². The summed E-state index contributed by atoms with van der Waals surface area (Å²) in [6.07, 6.45) is 3.15. The number of carboxylic acids is 1. The molecule has 0 radical (unpaired) electrons. The molecular weight excluding hydrogens is 256 g/mol. The van der Waals surface area contributed by atoms with Crippen LogP contribution in [-0.2, 0) is 4.79 Å². The summed E-state index contributed by atoms with van der Waals surface area (Å²) in [5.41, 5.74) is 0. The topological polar surface area (TPSA) is 69.6 Å². The lowest BCUT2D eigenvalue weighted by molar-refractivity contribution is -0.140. The van der Waals surface area contributed by atoms with E-state index >= 15 is 0 Å². The molecule has 2 unspecified atom stereocenters. The summed E-state index contributed by atoms with van der Waals surface area (Å²) >= 11 is 0. The van der Waals surface area contributed by atoms with Gasteiger partial charge in [0.2, 0.25) is 0 Å². The van der Waals surface area contributed by atoms with Crippen LogP contribution >= 0.6 is 0 Å². The highest BCUT2D eigenvalue weighted by molar-refractivity contribution is 5.82. The van der Waals surface area contributed by atoms with Gasteiger partial charge < -0.3 is 15.3 Å². The second-order valence-electron chi connectivity index (χ2n) is 6.43. The van der Waals surface area contributed by atoms with Crippen molar-refractivity contribution in [3.63, 3.8) is 0 Å². The zero-order chi connectivity index (χ0) is 15.3. The largest absolute Gasteiger partial charge is 0.480 e. The van der Waals surface area contributed by atoms with Crippen molar-refractivity contribution >= 4 is 12.0 Å². The minimum Gasteiger partial charge on any atom is -0.480 e. The van der Waals surface area contributed by atoms with Gasteiger partial charge in [0.1, 0.15) is 6.04 Å². The summed E-state index contributed by atoms with van der Waals surface area (Å²) in [6, 6.07) is -1.05. The molecule has 1 heterocycles. The van der Waals surface area contributed by atoms with Crippen molar-refractivity contribution in [2.24, 2.45) is 17.8 Å². The highest BCUT2D eigenvalue weighted by atomic mass is 16.4. The number of carbonyl (C=O) groups is 2. The third-order valence-corrected chi connectivity index (χ3v) is 4.21. The molecule has 5 nitrogen and oxygen atoms in total. The van der Waals surface area contributed by atoms with Crippen molar-refractivity contribution in [2.45, 2.75) is 53.0 Å². The second kappa shape index (κ2) is 7.50. The maximum Gasteiger partial charge on any atom is 0.326 e. The molecule has 0 aromatic rings. The molecule has 116 valence electrons. The lowest BCUT2D eigenvalue weighted by Crippen LogP contribution is -2.50. The second-order valence-corrected chi connectivity index (χ2v) is 6.43. The lowest BCUT2D eigenvalue weighted by atomic mass is 9.89. The summed E-state index contributed by atoms with van der Waals surface area (Å²) in [7, 11) is 0. The molecule has 0 bridgehead atoms. The van der Waals surface area contributed by atoms with E-state index in [4.69, 9.17) is 5.11 Å². The fourth-order valence-electron chi connectivity index (χ4n) is 2.73. The molecule has 0 aliphatic carbocycles. The van der Waals surface area contributed by atoms with Gasteiger partial charge in [0, 0.05) is 13.1 Å². The first-order valence-corrected chi connectivity index (χ1v) is 7.61. The van der Waals surface area contributed by atoms with Gasteiger partial charge in [-0.2, -0.15) is 0 Å². The number of nitrogens with one attached hydrogen (secondary N) is 1. The zero-order valence-electron chi connectivity index (χ0n) is 13.1. The summed E-state index contributed by atoms with van der Waals surface area (Å²) in [5, 5.41) is 11.8. The van der Waals surface area contributed by atoms with Crippen LogP contribution in [0, 0.1) is 17.8 Å². The van der Waals surface area contributed by atoms with Crippen LogP contribution in [0.2, 0.25) is 0 Å². The van der Waals surface area contributed by atoms with E-state index in [1.807, 2.05) is 0 Å². The summed E-state index contributed by atoms with van der Waals surface area (Å²) in [6.45, 7) is 9.49. The van der Waals surface area contributed by atoms with Gasteiger partial charge >= 0.3 is 12.0 Å². The van der Waals surface area contributed by atoms with E-state index in [1.165, 1.54) is 0 Å². The highest BCUT2D eigenvalue weighted by Gasteiger charge is 2.27. The number of hydrogen-bond acceptors (Lipinski definition) is 2. The Bertz CT molecular complexity index is 342. The van der Waals surface area contributed by atoms with E-state index in [0.29, 0.717) is 11.8 Å². The number of likely N-dealkylation sites (tertiary alicyclic amines) is 1. The first-order valence-electron chi connectivity index (χ1n) is 7.61. The van der Waals surface area contributed by atoms with Gasteiger partial charge in [0.05, 0.1) is 0 Å². The van der Waals surface area contributed by atoms with E-state index in [-0.39, 0.29) is 11.9 Å².